The maximum atomic E-state index is 13.9. The normalized spacial score (nSPS) is 11.6. The molecule has 11 heteroatoms. The number of anilines is 1. The zero-order valence-electron chi connectivity index (χ0n) is 27.5. The second-order valence-corrected chi connectivity index (χ2v) is 13.2. The quantitative estimate of drug-likeness (QED) is 0.131. The summed E-state index contributed by atoms with van der Waals surface area (Å²) in [6, 6.07) is 36.2. The molecule has 5 aromatic rings. The van der Waals surface area contributed by atoms with Crippen molar-refractivity contribution < 1.29 is 31.9 Å². The summed E-state index contributed by atoms with van der Waals surface area (Å²) in [4.78, 5) is 29.3. The Kier molecular flexibility index (Phi) is 12.2. The van der Waals surface area contributed by atoms with E-state index in [1.807, 2.05) is 84.9 Å². The second-order valence-electron chi connectivity index (χ2n) is 11.5. The number of halogens is 1. The lowest BCUT2D eigenvalue weighted by Gasteiger charge is -2.31. The highest BCUT2D eigenvalue weighted by molar-refractivity contribution is 7.92. The molecule has 0 fully saturated rings. The third-order valence-corrected chi connectivity index (χ3v) is 9.33. The number of nitrogens with one attached hydrogen (secondary N) is 2. The maximum Gasteiger partial charge on any atom is 0.261 e. The van der Waals surface area contributed by atoms with Crippen molar-refractivity contribution in [3.63, 3.8) is 0 Å². The summed E-state index contributed by atoms with van der Waals surface area (Å²) in [7, 11) is -2.35. The zero-order chi connectivity index (χ0) is 35.3. The van der Waals surface area contributed by atoms with E-state index in [-0.39, 0.29) is 35.2 Å². The molecule has 0 aromatic heterocycles. The molecular formula is C39H38FN3O6S. The first-order valence-electron chi connectivity index (χ1n) is 16.0. The molecule has 0 saturated carbocycles. The number of carbonyl (C=O) groups excluding carboxylic acids is 2. The van der Waals surface area contributed by atoms with Crippen LogP contribution in [0.3, 0.4) is 0 Å². The second kappa shape index (κ2) is 17.1. The number of nitrogens with zero attached hydrogens (tertiary/aromatic N) is 1. The van der Waals surface area contributed by atoms with Gasteiger partial charge in [0.05, 0.1) is 12.0 Å². The predicted molar refractivity (Wildman–Crippen MR) is 190 cm³/mol. The maximum absolute atomic E-state index is 13.9. The average Bonchev–Trinajstić information content (AvgIpc) is 3.14. The lowest BCUT2D eigenvalue weighted by atomic mass is 10.0. The van der Waals surface area contributed by atoms with Crippen LogP contribution in [0.1, 0.15) is 16.7 Å². The van der Waals surface area contributed by atoms with Gasteiger partial charge in [-0.05, 0) is 83.8 Å². The third-order valence-electron chi connectivity index (χ3n) is 7.93. The van der Waals surface area contributed by atoms with Crippen LogP contribution in [0.2, 0.25) is 0 Å². The molecule has 0 unspecified atom stereocenters. The highest BCUT2D eigenvalue weighted by Crippen LogP contribution is 2.21. The van der Waals surface area contributed by atoms with Gasteiger partial charge in [0.2, 0.25) is 5.91 Å². The molecule has 9 nitrogen and oxygen atoms in total. The Morgan fingerprint density at radius 1 is 0.740 bits per heavy atom. The van der Waals surface area contributed by atoms with Crippen LogP contribution >= 0.6 is 0 Å². The van der Waals surface area contributed by atoms with E-state index in [0.29, 0.717) is 13.0 Å². The van der Waals surface area contributed by atoms with Gasteiger partial charge in [-0.3, -0.25) is 14.3 Å². The van der Waals surface area contributed by atoms with Gasteiger partial charge in [0, 0.05) is 25.2 Å². The fourth-order valence-corrected chi connectivity index (χ4v) is 6.31. The molecule has 1 atom stereocenters. The van der Waals surface area contributed by atoms with Crippen molar-refractivity contribution >= 4 is 27.5 Å². The summed E-state index contributed by atoms with van der Waals surface area (Å²) < 4.78 is 52.4. The number of hydrogen-bond acceptors (Lipinski definition) is 6. The van der Waals surface area contributed by atoms with Gasteiger partial charge in [0.1, 0.15) is 23.4 Å². The smallest absolute Gasteiger partial charge is 0.261 e. The molecule has 0 aliphatic carbocycles. The number of sulfonamides is 1. The summed E-state index contributed by atoms with van der Waals surface area (Å²) in [5, 5.41) is 3.03. The van der Waals surface area contributed by atoms with E-state index in [1.165, 1.54) is 41.3 Å². The van der Waals surface area contributed by atoms with Crippen molar-refractivity contribution in [1.82, 2.24) is 10.2 Å². The van der Waals surface area contributed by atoms with Crippen molar-refractivity contribution in [2.75, 3.05) is 25.0 Å². The van der Waals surface area contributed by atoms with Crippen molar-refractivity contribution in [1.29, 1.82) is 0 Å². The number of methoxy groups -OCH3 is 1. The first-order valence-corrected chi connectivity index (χ1v) is 17.5. The Morgan fingerprint density at radius 3 is 1.96 bits per heavy atom. The lowest BCUT2D eigenvalue weighted by molar-refractivity contribution is -0.142. The minimum atomic E-state index is -3.95. The topological polar surface area (TPSA) is 114 Å². The monoisotopic (exact) mass is 695 g/mol. The first-order chi connectivity index (χ1) is 24.2. The van der Waals surface area contributed by atoms with Crippen molar-refractivity contribution in [2.24, 2.45) is 0 Å². The molecule has 2 N–H and O–H groups in total. The Labute approximate surface area is 291 Å². The molecule has 0 aliphatic heterocycles. The molecule has 0 heterocycles. The van der Waals surface area contributed by atoms with E-state index in [0.717, 1.165) is 34.6 Å². The minimum absolute atomic E-state index is 0.0413. The third kappa shape index (κ3) is 10.2. The van der Waals surface area contributed by atoms with E-state index in [9.17, 15) is 22.4 Å². The Morgan fingerprint density at radius 2 is 1.34 bits per heavy atom. The summed E-state index contributed by atoms with van der Waals surface area (Å²) in [5.41, 5.74) is 2.97. The molecule has 5 aromatic carbocycles. The van der Waals surface area contributed by atoms with Gasteiger partial charge in [-0.2, -0.15) is 0 Å². The number of carbonyl (C=O) groups is 2. The molecule has 0 bridgehead atoms. The molecule has 50 heavy (non-hydrogen) atoms. The van der Waals surface area contributed by atoms with Crippen LogP contribution in [0, 0.1) is 5.82 Å². The Bertz CT molecular complexity index is 1940. The molecule has 258 valence electrons. The van der Waals surface area contributed by atoms with Gasteiger partial charge in [-0.1, -0.05) is 72.8 Å². The van der Waals surface area contributed by atoms with Crippen LogP contribution in [0.25, 0.3) is 0 Å². The molecule has 0 saturated heterocycles. The number of rotatable bonds is 16. The van der Waals surface area contributed by atoms with E-state index >= 15 is 0 Å². The predicted octanol–water partition coefficient (Wildman–Crippen LogP) is 6.01. The average molecular weight is 696 g/mol. The van der Waals surface area contributed by atoms with Gasteiger partial charge in [0.15, 0.2) is 6.61 Å². The lowest BCUT2D eigenvalue weighted by Crippen LogP contribution is -2.52. The van der Waals surface area contributed by atoms with Crippen LogP contribution in [-0.4, -0.2) is 51.4 Å². The summed E-state index contributed by atoms with van der Waals surface area (Å²) in [6.45, 7) is 0.140. The molecule has 2 amide bonds. The summed E-state index contributed by atoms with van der Waals surface area (Å²) >= 11 is 0. The standard InChI is InChI=1S/C39H38FN3O6S/c1-48-34-18-12-29(13-19-34)24-25-41-39(45)37(26-30-8-4-2-5-9-30)43(27-31-10-6-3-7-11-31)38(44)28-49-35-20-22-36(23-21-35)50(46,47)42-33-16-14-32(40)15-17-33/h2-23,37,42H,24-28H2,1H3,(H,41,45)/t37-/m0/s1. The van der Waals surface area contributed by atoms with Gasteiger partial charge < -0.3 is 19.7 Å². The molecular weight excluding hydrogens is 658 g/mol. The first kappa shape index (κ1) is 35.6. The van der Waals surface area contributed by atoms with E-state index < -0.39 is 34.4 Å². The highest BCUT2D eigenvalue weighted by Gasteiger charge is 2.30. The largest absolute Gasteiger partial charge is 0.497 e. The van der Waals surface area contributed by atoms with Gasteiger partial charge in [0.25, 0.3) is 15.9 Å². The van der Waals surface area contributed by atoms with Crippen LogP contribution in [-0.2, 0) is 39.0 Å². The van der Waals surface area contributed by atoms with E-state index in [1.54, 1.807) is 7.11 Å². The molecule has 0 aliphatic rings. The molecule has 0 radical (unpaired) electrons. The van der Waals surface area contributed by atoms with Crippen molar-refractivity contribution in [3.8, 4) is 11.5 Å². The SMILES string of the molecule is COc1ccc(CCNC(=O)[C@H](Cc2ccccc2)N(Cc2ccccc2)C(=O)COc2ccc(S(=O)(=O)Nc3ccc(F)cc3)cc2)cc1. The Hall–Kier alpha value is -5.68. The fraction of sp³-hybridized carbons (Fsp3) is 0.179. The number of ether oxygens (including phenoxy) is 2. The number of hydrogen-bond donors (Lipinski definition) is 2. The van der Waals surface area contributed by atoms with Crippen LogP contribution in [0.5, 0.6) is 11.5 Å². The molecule has 5 rings (SSSR count). The van der Waals surface area contributed by atoms with Crippen molar-refractivity contribution in [3.05, 3.63) is 156 Å². The summed E-state index contributed by atoms with van der Waals surface area (Å²) in [5.74, 6) is -0.187. The summed E-state index contributed by atoms with van der Waals surface area (Å²) in [6.07, 6.45) is 0.871. The van der Waals surface area contributed by atoms with Gasteiger partial charge in [-0.25, -0.2) is 12.8 Å². The van der Waals surface area contributed by atoms with E-state index in [2.05, 4.69) is 10.0 Å². The van der Waals surface area contributed by atoms with Crippen LogP contribution in [0.15, 0.2) is 138 Å². The number of amides is 2. The highest BCUT2D eigenvalue weighted by atomic mass is 32.2. The fourth-order valence-electron chi connectivity index (χ4n) is 5.25. The van der Waals surface area contributed by atoms with Crippen LogP contribution in [0.4, 0.5) is 10.1 Å². The minimum Gasteiger partial charge on any atom is -0.497 e. The number of benzene rings is 5. The van der Waals surface area contributed by atoms with Gasteiger partial charge in [-0.15, -0.1) is 0 Å². The van der Waals surface area contributed by atoms with Crippen LogP contribution < -0.4 is 19.5 Å². The molecule has 0 spiro atoms. The Balaban J connectivity index is 1.31. The van der Waals surface area contributed by atoms with Crippen molar-refractivity contribution in [2.45, 2.75) is 30.3 Å². The zero-order valence-corrected chi connectivity index (χ0v) is 28.3. The van der Waals surface area contributed by atoms with E-state index in [4.69, 9.17) is 9.47 Å². The van der Waals surface area contributed by atoms with Gasteiger partial charge >= 0.3 is 0 Å².